The zero-order chi connectivity index (χ0) is 10.6. The second-order valence-corrected chi connectivity index (χ2v) is 3.33. The molecule has 0 aliphatic heterocycles. The van der Waals surface area contributed by atoms with Crippen molar-refractivity contribution in [2.24, 2.45) is 0 Å². The number of rotatable bonds is 3. The van der Waals surface area contributed by atoms with E-state index in [1.807, 2.05) is 0 Å². The van der Waals surface area contributed by atoms with Crippen molar-refractivity contribution in [1.29, 1.82) is 0 Å². The fraction of sp³-hybridized carbons (Fsp3) is 0.222. The zero-order valence-electron chi connectivity index (χ0n) is 7.19. The molecule has 0 aliphatic rings. The van der Waals surface area contributed by atoms with Crippen LogP contribution in [0.3, 0.4) is 0 Å². The van der Waals surface area contributed by atoms with Gasteiger partial charge in [0.1, 0.15) is 17.2 Å². The summed E-state index contributed by atoms with van der Waals surface area (Å²) in [5.41, 5.74) is -0.534. The summed E-state index contributed by atoms with van der Waals surface area (Å²) in [5.74, 6) is -2.44. The minimum atomic E-state index is -0.850. The minimum absolute atomic E-state index is 0.326. The lowest BCUT2D eigenvalue weighted by atomic mass is 10.2. The lowest BCUT2D eigenvalue weighted by Gasteiger charge is -2.04. The molecule has 2 nitrogen and oxygen atoms in total. The number of benzene rings is 1. The van der Waals surface area contributed by atoms with Gasteiger partial charge >= 0.3 is 0 Å². The lowest BCUT2D eigenvalue weighted by molar-refractivity contribution is 0.0948. The number of alkyl halides is 1. The summed E-state index contributed by atoms with van der Waals surface area (Å²) in [6.45, 7) is 0.326. The molecule has 14 heavy (non-hydrogen) atoms. The molecule has 0 atom stereocenters. The van der Waals surface area contributed by atoms with E-state index < -0.39 is 23.1 Å². The molecular formula is C9H8BrF2NO. The van der Waals surface area contributed by atoms with Gasteiger partial charge in [-0.15, -0.1) is 0 Å². The Balaban J connectivity index is 2.89. The van der Waals surface area contributed by atoms with Gasteiger partial charge in [-0.1, -0.05) is 22.0 Å². The third-order valence-electron chi connectivity index (χ3n) is 1.57. The lowest BCUT2D eigenvalue weighted by Crippen LogP contribution is -2.27. The fourth-order valence-corrected chi connectivity index (χ4v) is 1.16. The highest BCUT2D eigenvalue weighted by molar-refractivity contribution is 9.09. The summed E-state index contributed by atoms with van der Waals surface area (Å²) in [6, 6.07) is 3.31. The second-order valence-electron chi connectivity index (χ2n) is 2.54. The first-order valence-corrected chi connectivity index (χ1v) is 5.07. The van der Waals surface area contributed by atoms with Gasteiger partial charge in [-0.2, -0.15) is 0 Å². The average Bonchev–Trinajstić information content (AvgIpc) is 2.14. The first-order chi connectivity index (χ1) is 6.66. The van der Waals surface area contributed by atoms with Crippen molar-refractivity contribution < 1.29 is 13.6 Å². The maximum absolute atomic E-state index is 13.0. The van der Waals surface area contributed by atoms with Gasteiger partial charge < -0.3 is 5.32 Å². The number of hydrogen-bond acceptors (Lipinski definition) is 1. The number of nitrogens with one attached hydrogen (secondary N) is 1. The first-order valence-electron chi connectivity index (χ1n) is 3.95. The number of hydrogen-bond donors (Lipinski definition) is 1. The van der Waals surface area contributed by atoms with Crippen LogP contribution in [0.1, 0.15) is 10.4 Å². The summed E-state index contributed by atoms with van der Waals surface area (Å²) in [5, 5.41) is 2.90. The molecule has 1 aromatic carbocycles. The van der Waals surface area contributed by atoms with Gasteiger partial charge in [0.15, 0.2) is 0 Å². The standard InChI is InChI=1S/C9H8BrF2NO/c10-4-5-13-9(14)8-6(11)2-1-3-7(8)12/h1-3H,4-5H2,(H,13,14). The molecule has 0 saturated heterocycles. The second kappa shape index (κ2) is 5.05. The fourth-order valence-electron chi connectivity index (χ4n) is 0.964. The van der Waals surface area contributed by atoms with Gasteiger partial charge in [0.25, 0.3) is 5.91 Å². The number of halogens is 3. The smallest absolute Gasteiger partial charge is 0.257 e. The first kappa shape index (κ1) is 11.1. The number of carbonyl (C=O) groups is 1. The average molecular weight is 264 g/mol. The van der Waals surface area contributed by atoms with Gasteiger partial charge in [0.2, 0.25) is 0 Å². The normalized spacial score (nSPS) is 9.93. The molecule has 0 radical (unpaired) electrons. The zero-order valence-corrected chi connectivity index (χ0v) is 8.77. The van der Waals surface area contributed by atoms with E-state index in [0.29, 0.717) is 11.9 Å². The van der Waals surface area contributed by atoms with Crippen LogP contribution < -0.4 is 5.32 Å². The van der Waals surface area contributed by atoms with E-state index in [1.54, 1.807) is 0 Å². The van der Waals surface area contributed by atoms with Crippen LogP contribution in [0, 0.1) is 11.6 Å². The van der Waals surface area contributed by atoms with Crippen molar-refractivity contribution in [3.8, 4) is 0 Å². The van der Waals surface area contributed by atoms with Crippen LogP contribution in [-0.4, -0.2) is 17.8 Å². The summed E-state index contributed by atoms with van der Waals surface area (Å²) in [4.78, 5) is 11.2. The van der Waals surface area contributed by atoms with Crippen molar-refractivity contribution in [1.82, 2.24) is 5.32 Å². The molecule has 0 heterocycles. The maximum Gasteiger partial charge on any atom is 0.257 e. The van der Waals surface area contributed by atoms with Crippen LogP contribution in [0.25, 0.3) is 0 Å². The van der Waals surface area contributed by atoms with Crippen LogP contribution in [-0.2, 0) is 0 Å². The van der Waals surface area contributed by atoms with Gasteiger partial charge in [0, 0.05) is 11.9 Å². The van der Waals surface area contributed by atoms with Crippen LogP contribution in [0.4, 0.5) is 8.78 Å². The molecule has 76 valence electrons. The quantitative estimate of drug-likeness (QED) is 0.832. The molecular weight excluding hydrogens is 256 g/mol. The molecule has 1 aromatic rings. The SMILES string of the molecule is O=C(NCCBr)c1c(F)cccc1F. The van der Waals surface area contributed by atoms with E-state index in [0.717, 1.165) is 12.1 Å². The van der Waals surface area contributed by atoms with E-state index in [4.69, 9.17) is 0 Å². The topological polar surface area (TPSA) is 29.1 Å². The van der Waals surface area contributed by atoms with Crippen molar-refractivity contribution >= 4 is 21.8 Å². The van der Waals surface area contributed by atoms with Crippen molar-refractivity contribution in [3.05, 3.63) is 35.4 Å². The van der Waals surface area contributed by atoms with Crippen LogP contribution >= 0.6 is 15.9 Å². The highest BCUT2D eigenvalue weighted by atomic mass is 79.9. The van der Waals surface area contributed by atoms with E-state index in [1.165, 1.54) is 6.07 Å². The predicted molar refractivity (Wildman–Crippen MR) is 52.5 cm³/mol. The number of carbonyl (C=O) groups excluding carboxylic acids is 1. The third kappa shape index (κ3) is 2.51. The molecule has 5 heteroatoms. The third-order valence-corrected chi connectivity index (χ3v) is 1.97. The Hall–Kier alpha value is -0.970. The summed E-state index contributed by atoms with van der Waals surface area (Å²) in [6.07, 6.45) is 0. The Morgan fingerprint density at radius 2 is 1.93 bits per heavy atom. The van der Waals surface area contributed by atoms with Crippen molar-refractivity contribution in [3.63, 3.8) is 0 Å². The Kier molecular flexibility index (Phi) is 4.00. The van der Waals surface area contributed by atoms with Gasteiger partial charge in [-0.05, 0) is 12.1 Å². The summed E-state index contributed by atoms with van der Waals surface area (Å²) >= 11 is 3.09. The molecule has 0 bridgehead atoms. The largest absolute Gasteiger partial charge is 0.351 e. The van der Waals surface area contributed by atoms with E-state index in [9.17, 15) is 13.6 Å². The molecule has 0 fully saturated rings. The summed E-state index contributed by atoms with van der Waals surface area (Å²) < 4.78 is 26.0. The highest BCUT2D eigenvalue weighted by Gasteiger charge is 2.15. The maximum atomic E-state index is 13.0. The molecule has 0 spiro atoms. The number of amides is 1. The predicted octanol–water partition coefficient (Wildman–Crippen LogP) is 2.09. The van der Waals surface area contributed by atoms with E-state index in [2.05, 4.69) is 21.2 Å². The molecule has 1 amide bonds. The molecule has 0 aliphatic carbocycles. The molecule has 1 N–H and O–H groups in total. The van der Waals surface area contributed by atoms with E-state index >= 15 is 0 Å². The molecule has 0 unspecified atom stereocenters. The molecule has 0 saturated carbocycles. The van der Waals surface area contributed by atoms with E-state index in [-0.39, 0.29) is 0 Å². The monoisotopic (exact) mass is 263 g/mol. The molecule has 1 rings (SSSR count). The van der Waals surface area contributed by atoms with Gasteiger partial charge in [-0.3, -0.25) is 4.79 Å². The van der Waals surface area contributed by atoms with Crippen LogP contribution in [0.5, 0.6) is 0 Å². The Labute approximate surface area is 88.4 Å². The summed E-state index contributed by atoms with van der Waals surface area (Å²) in [7, 11) is 0. The Morgan fingerprint density at radius 3 is 2.43 bits per heavy atom. The van der Waals surface area contributed by atoms with Gasteiger partial charge in [-0.25, -0.2) is 8.78 Å². The minimum Gasteiger partial charge on any atom is -0.351 e. The van der Waals surface area contributed by atoms with Crippen molar-refractivity contribution in [2.75, 3.05) is 11.9 Å². The van der Waals surface area contributed by atoms with Crippen molar-refractivity contribution in [2.45, 2.75) is 0 Å². The Morgan fingerprint density at radius 1 is 1.36 bits per heavy atom. The van der Waals surface area contributed by atoms with Crippen LogP contribution in [0.2, 0.25) is 0 Å². The highest BCUT2D eigenvalue weighted by Crippen LogP contribution is 2.11. The molecule has 0 aromatic heterocycles. The van der Waals surface area contributed by atoms with Gasteiger partial charge in [0.05, 0.1) is 0 Å². The van der Waals surface area contributed by atoms with Crippen LogP contribution in [0.15, 0.2) is 18.2 Å². The Bertz CT molecular complexity index is 323.